The molecule has 0 bridgehead atoms. The van der Waals surface area contributed by atoms with E-state index in [9.17, 15) is 13.6 Å². The molecule has 3 N–H and O–H groups in total. The van der Waals surface area contributed by atoms with E-state index in [1.54, 1.807) is 18.3 Å². The molecule has 0 fully saturated rings. The molecule has 2 heterocycles. The van der Waals surface area contributed by atoms with Crippen LogP contribution in [0, 0.1) is 11.6 Å². The molecule has 0 saturated heterocycles. The third-order valence-electron chi connectivity index (χ3n) is 3.27. The summed E-state index contributed by atoms with van der Waals surface area (Å²) in [5.74, 6) is -2.01. The van der Waals surface area contributed by atoms with Gasteiger partial charge in [-0.2, -0.15) is 5.10 Å². The van der Waals surface area contributed by atoms with Crippen LogP contribution in [0.3, 0.4) is 0 Å². The summed E-state index contributed by atoms with van der Waals surface area (Å²) in [4.78, 5) is 16.2. The van der Waals surface area contributed by atoms with Crippen molar-refractivity contribution in [1.82, 2.24) is 15.3 Å². The third-order valence-corrected chi connectivity index (χ3v) is 4.17. The van der Waals surface area contributed by atoms with Gasteiger partial charge in [0, 0.05) is 13.3 Å². The molecule has 1 aromatic heterocycles. The zero-order valence-corrected chi connectivity index (χ0v) is 12.9. The first-order valence-corrected chi connectivity index (χ1v) is 7.54. The molecule has 6 nitrogen and oxygen atoms in total. The van der Waals surface area contributed by atoms with E-state index >= 15 is 0 Å². The number of nitrogens with one attached hydrogen (secondary N) is 1. The Morgan fingerprint density at radius 1 is 1.43 bits per heavy atom. The number of rotatable bonds is 3. The Morgan fingerprint density at radius 2 is 2.13 bits per heavy atom. The average molecular weight is 337 g/mol. The van der Waals surface area contributed by atoms with E-state index in [2.05, 4.69) is 15.4 Å². The van der Waals surface area contributed by atoms with E-state index in [1.165, 1.54) is 6.07 Å². The number of amides is 1. The maximum absolute atomic E-state index is 13.8. The van der Waals surface area contributed by atoms with Gasteiger partial charge < -0.3 is 11.1 Å². The number of nitrogens with two attached hydrogens (primary N) is 1. The van der Waals surface area contributed by atoms with Crippen LogP contribution in [0.15, 0.2) is 23.3 Å². The van der Waals surface area contributed by atoms with Gasteiger partial charge in [0.1, 0.15) is 21.6 Å². The minimum Gasteiger partial charge on any atom is -0.389 e. The number of hydrogen-bond donors (Lipinski definition) is 2. The summed E-state index contributed by atoms with van der Waals surface area (Å²) < 4.78 is 27.6. The molecule has 2 aromatic rings. The molecular weight excluding hydrogens is 324 g/mol. The number of halogens is 2. The number of aromatic nitrogens is 1. The van der Waals surface area contributed by atoms with Crippen molar-refractivity contribution in [2.24, 2.45) is 5.10 Å². The number of benzene rings is 1. The molecule has 1 amide bonds. The van der Waals surface area contributed by atoms with Gasteiger partial charge in [-0.15, -0.1) is 0 Å². The summed E-state index contributed by atoms with van der Waals surface area (Å²) in [6, 6.07) is 3.25. The minimum atomic E-state index is -0.754. The molecule has 1 unspecified atom stereocenters. The number of carbonyl (C=O) groups is 1. The number of nitrogens with zero attached hydrogens (tertiary/aromatic N) is 3. The van der Waals surface area contributed by atoms with Gasteiger partial charge >= 0.3 is 0 Å². The van der Waals surface area contributed by atoms with E-state index < -0.39 is 17.5 Å². The maximum Gasteiger partial charge on any atom is 0.273 e. The Bertz CT molecular complexity index is 771. The van der Waals surface area contributed by atoms with Gasteiger partial charge in [0.15, 0.2) is 5.69 Å². The van der Waals surface area contributed by atoms with Crippen molar-refractivity contribution in [3.8, 4) is 10.6 Å². The van der Waals surface area contributed by atoms with Gasteiger partial charge in [-0.25, -0.2) is 13.8 Å². The van der Waals surface area contributed by atoms with Crippen LogP contribution in [0.4, 0.5) is 13.8 Å². The Labute approximate surface area is 134 Å². The fraction of sp³-hybridized carbons (Fsp3) is 0.214. The van der Waals surface area contributed by atoms with E-state index in [0.717, 1.165) is 23.5 Å². The number of nitrogen functional groups attached to an aromatic ring is 1. The van der Waals surface area contributed by atoms with Crippen molar-refractivity contribution < 1.29 is 13.6 Å². The molecule has 1 aliphatic heterocycles. The lowest BCUT2D eigenvalue weighted by atomic mass is 10.2. The topological polar surface area (TPSA) is 83.6 Å². The van der Waals surface area contributed by atoms with Gasteiger partial charge in [0.25, 0.3) is 5.91 Å². The first-order chi connectivity index (χ1) is 11.0. The van der Waals surface area contributed by atoms with Crippen molar-refractivity contribution >= 4 is 28.5 Å². The fourth-order valence-corrected chi connectivity index (χ4v) is 3.07. The summed E-state index contributed by atoms with van der Waals surface area (Å²) in [5, 5.41) is 8.52. The molecule has 9 heteroatoms. The van der Waals surface area contributed by atoms with Gasteiger partial charge in [-0.05, 0) is 12.1 Å². The van der Waals surface area contributed by atoms with E-state index in [1.807, 2.05) is 0 Å². The van der Waals surface area contributed by atoms with Crippen molar-refractivity contribution in [2.75, 3.05) is 19.3 Å². The van der Waals surface area contributed by atoms with Crippen LogP contribution in [0.1, 0.15) is 10.5 Å². The highest BCUT2D eigenvalue weighted by molar-refractivity contribution is 7.19. The summed E-state index contributed by atoms with van der Waals surface area (Å²) in [6.45, 7) is 0.532. The largest absolute Gasteiger partial charge is 0.389 e. The van der Waals surface area contributed by atoms with Crippen molar-refractivity contribution in [2.45, 2.75) is 6.04 Å². The molecule has 0 saturated carbocycles. The number of hydrogen-bond acceptors (Lipinski definition) is 6. The van der Waals surface area contributed by atoms with Gasteiger partial charge in [-0.1, -0.05) is 17.4 Å². The molecule has 1 aromatic carbocycles. The summed E-state index contributed by atoms with van der Waals surface area (Å²) in [6.07, 6.45) is 1.60. The molecular formula is C14H13F2N5OS. The highest BCUT2D eigenvalue weighted by Crippen LogP contribution is 2.33. The van der Waals surface area contributed by atoms with Gasteiger partial charge in [0.05, 0.1) is 18.2 Å². The molecule has 23 heavy (non-hydrogen) atoms. The Hall–Kier alpha value is -2.55. The molecule has 0 radical (unpaired) electrons. The quantitative estimate of drug-likeness (QED) is 0.893. The average Bonchev–Trinajstić information content (AvgIpc) is 3.05. The van der Waals surface area contributed by atoms with Crippen LogP contribution < -0.4 is 11.1 Å². The van der Waals surface area contributed by atoms with Crippen molar-refractivity contribution in [1.29, 1.82) is 0 Å². The van der Waals surface area contributed by atoms with E-state index in [4.69, 9.17) is 5.73 Å². The summed E-state index contributed by atoms with van der Waals surface area (Å²) in [5.41, 5.74) is 5.46. The lowest BCUT2D eigenvalue weighted by molar-refractivity contribution is 0.0942. The predicted molar refractivity (Wildman–Crippen MR) is 84.3 cm³/mol. The highest BCUT2D eigenvalue weighted by Gasteiger charge is 2.24. The second kappa shape index (κ2) is 5.92. The summed E-state index contributed by atoms with van der Waals surface area (Å²) >= 11 is 0.864. The molecule has 120 valence electrons. The highest BCUT2D eigenvalue weighted by atomic mass is 32.1. The fourth-order valence-electron chi connectivity index (χ4n) is 2.20. The number of anilines is 1. The van der Waals surface area contributed by atoms with Crippen LogP contribution >= 0.6 is 11.3 Å². The molecule has 0 aliphatic carbocycles. The Kier molecular flexibility index (Phi) is 3.95. The Balaban J connectivity index is 1.86. The zero-order valence-electron chi connectivity index (χ0n) is 12.1. The second-order valence-electron chi connectivity index (χ2n) is 5.01. The first-order valence-electron chi connectivity index (χ1n) is 6.72. The second-order valence-corrected chi connectivity index (χ2v) is 6.04. The number of likely N-dealkylation sites (N-methyl/N-ethyl adjacent to an activating group) is 1. The lowest BCUT2D eigenvalue weighted by Gasteiger charge is -2.11. The van der Waals surface area contributed by atoms with Gasteiger partial charge in [0.2, 0.25) is 0 Å². The molecule has 1 aliphatic rings. The number of hydrazone groups is 1. The predicted octanol–water partition coefficient (Wildman–Crippen LogP) is 1.70. The zero-order chi connectivity index (χ0) is 16.6. The Morgan fingerprint density at radius 3 is 2.74 bits per heavy atom. The smallest absolute Gasteiger partial charge is 0.273 e. The maximum atomic E-state index is 13.8. The van der Waals surface area contributed by atoms with Crippen LogP contribution in [-0.4, -0.2) is 41.7 Å². The van der Waals surface area contributed by atoms with Crippen LogP contribution in [-0.2, 0) is 0 Å². The minimum absolute atomic E-state index is 0.0282. The lowest BCUT2D eigenvalue weighted by Crippen LogP contribution is -2.39. The number of carbonyl (C=O) groups excluding carboxylic acids is 1. The van der Waals surface area contributed by atoms with Crippen LogP contribution in [0.2, 0.25) is 0 Å². The number of thiazole rings is 1. The molecule has 1 atom stereocenters. The standard InChI is InChI=1S/C14H13F2N5OS/c1-21-6-7(5-18-21)19-13(22)11-12(17)23-14(20-11)10-8(15)3-2-4-9(10)16/h2-5,7H,6,17H2,1H3,(H,19,22). The monoisotopic (exact) mass is 337 g/mol. The van der Waals surface area contributed by atoms with Crippen LogP contribution in [0.25, 0.3) is 10.6 Å². The molecule has 0 spiro atoms. The summed E-state index contributed by atoms with van der Waals surface area (Å²) in [7, 11) is 1.78. The molecule has 3 rings (SSSR count). The van der Waals surface area contributed by atoms with Gasteiger partial charge in [-0.3, -0.25) is 9.80 Å². The third kappa shape index (κ3) is 3.00. The normalized spacial score (nSPS) is 16.8. The SMILES string of the molecule is CN1CC(NC(=O)c2nc(-c3c(F)cccc3F)sc2N)C=N1. The van der Waals surface area contributed by atoms with E-state index in [0.29, 0.717) is 6.54 Å². The van der Waals surface area contributed by atoms with Crippen molar-refractivity contribution in [3.63, 3.8) is 0 Å². The van der Waals surface area contributed by atoms with E-state index in [-0.39, 0.29) is 27.3 Å². The van der Waals surface area contributed by atoms with Crippen LogP contribution in [0.5, 0.6) is 0 Å². The van der Waals surface area contributed by atoms with Crippen molar-refractivity contribution in [3.05, 3.63) is 35.5 Å². The first kappa shape index (κ1) is 15.3.